The Balaban J connectivity index is 2.57. The van der Waals surface area contributed by atoms with Crippen LogP contribution in [0.1, 0.15) is 11.4 Å². The van der Waals surface area contributed by atoms with Gasteiger partial charge in [0, 0.05) is 20.2 Å². The summed E-state index contributed by atoms with van der Waals surface area (Å²) >= 11 is 0. The molecule has 1 aromatic rings. The smallest absolute Gasteiger partial charge is 0.312 e. The first-order chi connectivity index (χ1) is 8.97. The molecule has 1 rings (SSSR count). The third kappa shape index (κ3) is 4.27. The molecule has 0 fully saturated rings. The van der Waals surface area contributed by atoms with E-state index in [1.165, 1.54) is 4.68 Å². The van der Waals surface area contributed by atoms with E-state index >= 15 is 0 Å². The highest BCUT2D eigenvalue weighted by molar-refractivity contribution is 5.39. The maximum Gasteiger partial charge on any atom is 0.312 e. The number of hydrogen-bond donors (Lipinski definition) is 2. The van der Waals surface area contributed by atoms with Crippen molar-refractivity contribution >= 4 is 5.69 Å². The van der Waals surface area contributed by atoms with Crippen LogP contribution in [0.3, 0.4) is 0 Å². The van der Waals surface area contributed by atoms with E-state index in [1.54, 1.807) is 21.0 Å². The van der Waals surface area contributed by atoms with E-state index in [4.69, 9.17) is 4.74 Å². The molecule has 8 heteroatoms. The van der Waals surface area contributed by atoms with E-state index in [2.05, 4.69) is 10.4 Å². The van der Waals surface area contributed by atoms with Crippen molar-refractivity contribution in [2.75, 3.05) is 26.8 Å². The molecule has 0 aromatic carbocycles. The molecule has 8 nitrogen and oxygen atoms in total. The van der Waals surface area contributed by atoms with Gasteiger partial charge in [0.05, 0.1) is 24.2 Å². The molecule has 1 unspecified atom stereocenters. The first-order valence-electron chi connectivity index (χ1n) is 6.03. The topological polar surface area (TPSA) is 102 Å². The molecular formula is C11H20N4O4. The Kier molecular flexibility index (Phi) is 5.87. The molecule has 0 saturated carbocycles. The molecule has 0 radical (unpaired) electrons. The van der Waals surface area contributed by atoms with E-state index in [0.717, 1.165) is 0 Å². The van der Waals surface area contributed by atoms with E-state index in [1.807, 2.05) is 0 Å². The molecule has 108 valence electrons. The van der Waals surface area contributed by atoms with Crippen LogP contribution in [0.15, 0.2) is 0 Å². The summed E-state index contributed by atoms with van der Waals surface area (Å²) in [5, 5.41) is 27.8. The fourth-order valence-electron chi connectivity index (χ4n) is 1.84. The second-order valence-corrected chi connectivity index (χ2v) is 4.31. The van der Waals surface area contributed by atoms with Crippen LogP contribution in [0.25, 0.3) is 0 Å². The summed E-state index contributed by atoms with van der Waals surface area (Å²) in [5.41, 5.74) is 0.833. The predicted octanol–water partition coefficient (Wildman–Crippen LogP) is 0.00504. The quantitative estimate of drug-likeness (QED) is 0.392. The minimum Gasteiger partial charge on any atom is -0.390 e. The summed E-state index contributed by atoms with van der Waals surface area (Å²) in [4.78, 5) is 10.4. The van der Waals surface area contributed by atoms with Crippen molar-refractivity contribution < 1.29 is 14.8 Å². The van der Waals surface area contributed by atoms with Gasteiger partial charge in [-0.05, 0) is 13.8 Å². The highest BCUT2D eigenvalue weighted by Gasteiger charge is 2.22. The molecule has 0 bridgehead atoms. The molecule has 1 aromatic heterocycles. The van der Waals surface area contributed by atoms with Crippen LogP contribution in [0.4, 0.5) is 5.69 Å². The minimum absolute atomic E-state index is 0.0135. The lowest BCUT2D eigenvalue weighted by molar-refractivity contribution is -0.386. The van der Waals surface area contributed by atoms with Crippen LogP contribution in [-0.2, 0) is 11.3 Å². The molecular weight excluding hydrogens is 252 g/mol. The van der Waals surface area contributed by atoms with Crippen LogP contribution in [0.5, 0.6) is 0 Å². The van der Waals surface area contributed by atoms with Crippen molar-refractivity contribution in [3.63, 3.8) is 0 Å². The van der Waals surface area contributed by atoms with Gasteiger partial charge in [-0.3, -0.25) is 14.8 Å². The number of nitrogens with one attached hydrogen (secondary N) is 1. The molecule has 1 atom stereocenters. The highest BCUT2D eigenvalue weighted by Crippen LogP contribution is 2.21. The van der Waals surface area contributed by atoms with Crippen molar-refractivity contribution in [3.05, 3.63) is 21.5 Å². The van der Waals surface area contributed by atoms with Gasteiger partial charge in [0.15, 0.2) is 0 Å². The number of aliphatic hydroxyl groups is 1. The van der Waals surface area contributed by atoms with Gasteiger partial charge in [0.2, 0.25) is 0 Å². The number of ether oxygens (including phenoxy) is 1. The second-order valence-electron chi connectivity index (χ2n) is 4.31. The number of nitro groups is 1. The van der Waals surface area contributed by atoms with Crippen LogP contribution >= 0.6 is 0 Å². The summed E-state index contributed by atoms with van der Waals surface area (Å²) in [6.07, 6.45) is -0.658. The van der Waals surface area contributed by atoms with Crippen molar-refractivity contribution in [3.8, 4) is 0 Å². The SMILES string of the molecule is COCCNCC(O)Cn1nc(C)c([N+](=O)[O-])c1C. The molecule has 19 heavy (non-hydrogen) atoms. The summed E-state index contributed by atoms with van der Waals surface area (Å²) in [6, 6.07) is 0. The molecule has 0 aliphatic rings. The average molecular weight is 272 g/mol. The van der Waals surface area contributed by atoms with Gasteiger partial charge in [0.1, 0.15) is 11.4 Å². The van der Waals surface area contributed by atoms with Gasteiger partial charge in [-0.2, -0.15) is 5.10 Å². The van der Waals surface area contributed by atoms with E-state index in [-0.39, 0.29) is 12.2 Å². The highest BCUT2D eigenvalue weighted by atomic mass is 16.6. The Bertz CT molecular complexity index is 433. The predicted molar refractivity (Wildman–Crippen MR) is 69.1 cm³/mol. The second kappa shape index (κ2) is 7.17. The summed E-state index contributed by atoms with van der Waals surface area (Å²) in [5.74, 6) is 0. The van der Waals surface area contributed by atoms with Crippen LogP contribution in [0, 0.1) is 24.0 Å². The Morgan fingerprint density at radius 2 is 2.26 bits per heavy atom. The monoisotopic (exact) mass is 272 g/mol. The Labute approximate surface area is 111 Å². The van der Waals surface area contributed by atoms with Crippen molar-refractivity contribution in [2.45, 2.75) is 26.5 Å². The van der Waals surface area contributed by atoms with Gasteiger partial charge >= 0.3 is 5.69 Å². The molecule has 0 aliphatic heterocycles. The number of hydrogen-bond acceptors (Lipinski definition) is 6. The van der Waals surface area contributed by atoms with Crippen LogP contribution < -0.4 is 5.32 Å². The number of aliphatic hydroxyl groups excluding tert-OH is 1. The Morgan fingerprint density at radius 1 is 1.58 bits per heavy atom. The lowest BCUT2D eigenvalue weighted by Gasteiger charge is -2.12. The Hall–Kier alpha value is -1.51. The minimum atomic E-state index is -0.658. The fraction of sp³-hybridized carbons (Fsp3) is 0.727. The van der Waals surface area contributed by atoms with Gasteiger partial charge in [-0.25, -0.2) is 0 Å². The zero-order valence-electron chi connectivity index (χ0n) is 11.4. The molecule has 0 spiro atoms. The van der Waals surface area contributed by atoms with Gasteiger partial charge in [-0.15, -0.1) is 0 Å². The van der Waals surface area contributed by atoms with Gasteiger partial charge in [0.25, 0.3) is 0 Å². The zero-order valence-corrected chi connectivity index (χ0v) is 11.4. The summed E-state index contributed by atoms with van der Waals surface area (Å²) in [7, 11) is 1.60. The number of methoxy groups -OCH3 is 1. The van der Waals surface area contributed by atoms with E-state index < -0.39 is 11.0 Å². The number of aromatic nitrogens is 2. The van der Waals surface area contributed by atoms with Gasteiger partial charge in [-0.1, -0.05) is 0 Å². The lowest BCUT2D eigenvalue weighted by atomic mass is 10.3. The average Bonchev–Trinajstić information content (AvgIpc) is 2.60. The molecule has 0 saturated heterocycles. The van der Waals surface area contributed by atoms with E-state index in [0.29, 0.717) is 31.1 Å². The van der Waals surface area contributed by atoms with Gasteiger partial charge < -0.3 is 15.2 Å². The van der Waals surface area contributed by atoms with Crippen molar-refractivity contribution in [1.82, 2.24) is 15.1 Å². The van der Waals surface area contributed by atoms with Crippen molar-refractivity contribution in [1.29, 1.82) is 0 Å². The zero-order chi connectivity index (χ0) is 14.4. The standard InChI is InChI=1S/C11H20N4O4/c1-8-11(15(17)18)9(2)14(13-8)7-10(16)6-12-4-5-19-3/h10,12,16H,4-7H2,1-3H3. The third-order valence-corrected chi connectivity index (χ3v) is 2.77. The maximum absolute atomic E-state index is 10.8. The number of aryl methyl sites for hydroxylation is 1. The van der Waals surface area contributed by atoms with Crippen molar-refractivity contribution in [2.24, 2.45) is 0 Å². The summed E-state index contributed by atoms with van der Waals surface area (Å²) in [6.45, 7) is 5.03. The van der Waals surface area contributed by atoms with Crippen LogP contribution in [-0.4, -0.2) is 52.7 Å². The first-order valence-corrected chi connectivity index (χ1v) is 6.03. The number of rotatable bonds is 8. The first kappa shape index (κ1) is 15.5. The lowest BCUT2D eigenvalue weighted by Crippen LogP contribution is -2.32. The van der Waals surface area contributed by atoms with Crippen LogP contribution in [0.2, 0.25) is 0 Å². The Morgan fingerprint density at radius 3 is 2.79 bits per heavy atom. The third-order valence-electron chi connectivity index (χ3n) is 2.77. The maximum atomic E-state index is 10.8. The molecule has 0 amide bonds. The fourth-order valence-corrected chi connectivity index (χ4v) is 1.84. The largest absolute Gasteiger partial charge is 0.390 e. The summed E-state index contributed by atoms with van der Waals surface area (Å²) < 4.78 is 6.34. The molecule has 1 heterocycles. The normalized spacial score (nSPS) is 12.6. The number of nitrogens with zero attached hydrogens (tertiary/aromatic N) is 3. The van der Waals surface area contributed by atoms with E-state index in [9.17, 15) is 15.2 Å². The molecule has 2 N–H and O–H groups in total. The molecule has 0 aliphatic carbocycles.